The van der Waals surface area contributed by atoms with Crippen molar-refractivity contribution in [3.05, 3.63) is 71.8 Å². The van der Waals surface area contributed by atoms with Crippen molar-refractivity contribution in [3.8, 4) is 0 Å². The van der Waals surface area contributed by atoms with Crippen LogP contribution >= 0.6 is 0 Å². The van der Waals surface area contributed by atoms with Gasteiger partial charge < -0.3 is 10.1 Å². The third-order valence-corrected chi connectivity index (χ3v) is 4.04. The van der Waals surface area contributed by atoms with Gasteiger partial charge in [0, 0.05) is 6.54 Å². The Morgan fingerprint density at radius 3 is 2.09 bits per heavy atom. The van der Waals surface area contributed by atoms with Crippen LogP contribution < -0.4 is 5.32 Å². The molecule has 2 aromatic rings. The van der Waals surface area contributed by atoms with Crippen molar-refractivity contribution in [2.45, 2.75) is 24.9 Å². The lowest BCUT2D eigenvalue weighted by Crippen LogP contribution is -2.37. The van der Waals surface area contributed by atoms with Gasteiger partial charge in [-0.05, 0) is 30.5 Å². The molecule has 0 bridgehead atoms. The summed E-state index contributed by atoms with van der Waals surface area (Å²) in [6.45, 7) is 1.76. The molecule has 1 saturated heterocycles. The molecule has 1 unspecified atom stereocenters. The molecule has 1 fully saturated rings. The molecule has 3 nitrogen and oxygen atoms in total. The summed E-state index contributed by atoms with van der Waals surface area (Å²) in [6, 6.07) is 19.7. The Hall–Kier alpha value is -2.13. The molecular weight excluding hydrogens is 274 g/mol. The van der Waals surface area contributed by atoms with E-state index in [1.165, 1.54) is 0 Å². The van der Waals surface area contributed by atoms with Crippen LogP contribution in [0.15, 0.2) is 60.7 Å². The third kappa shape index (κ3) is 3.55. The van der Waals surface area contributed by atoms with Crippen molar-refractivity contribution < 1.29 is 9.53 Å². The fraction of sp³-hybridized carbons (Fsp3) is 0.316. The van der Waals surface area contributed by atoms with E-state index >= 15 is 0 Å². The number of benzene rings is 2. The average Bonchev–Trinajstić information content (AvgIpc) is 2.58. The maximum atomic E-state index is 12.8. The van der Waals surface area contributed by atoms with Gasteiger partial charge in [0.15, 0.2) is 0 Å². The van der Waals surface area contributed by atoms with Gasteiger partial charge in [0.2, 0.25) is 0 Å². The molecule has 1 N–H and O–H groups in total. The molecular formula is C19H21NO2. The van der Waals surface area contributed by atoms with Crippen molar-refractivity contribution in [2.75, 3.05) is 13.1 Å². The van der Waals surface area contributed by atoms with E-state index in [9.17, 15) is 4.79 Å². The molecule has 22 heavy (non-hydrogen) atoms. The highest BCUT2D eigenvalue weighted by atomic mass is 16.5. The fourth-order valence-corrected chi connectivity index (χ4v) is 2.91. The maximum Gasteiger partial charge on any atom is 0.318 e. The summed E-state index contributed by atoms with van der Waals surface area (Å²) in [5, 5.41) is 3.28. The minimum atomic E-state index is -0.357. The van der Waals surface area contributed by atoms with Gasteiger partial charge >= 0.3 is 5.97 Å². The molecule has 0 spiro atoms. The first-order valence-corrected chi connectivity index (χ1v) is 7.85. The monoisotopic (exact) mass is 295 g/mol. The molecule has 3 rings (SSSR count). The smallest absolute Gasteiger partial charge is 0.318 e. The lowest BCUT2D eigenvalue weighted by molar-refractivity contribution is -0.150. The van der Waals surface area contributed by atoms with Crippen molar-refractivity contribution in [3.63, 3.8) is 0 Å². The largest absolute Gasteiger partial charge is 0.460 e. The summed E-state index contributed by atoms with van der Waals surface area (Å²) in [4.78, 5) is 12.8. The SMILES string of the molecule is O=C(OC1CCCNC1)C(c1ccccc1)c1ccccc1. The number of rotatable bonds is 4. The highest BCUT2D eigenvalue weighted by Crippen LogP contribution is 2.27. The number of piperidine rings is 1. The summed E-state index contributed by atoms with van der Waals surface area (Å²) in [6.07, 6.45) is 1.98. The van der Waals surface area contributed by atoms with Crippen LogP contribution in [0, 0.1) is 0 Å². The van der Waals surface area contributed by atoms with Gasteiger partial charge in [-0.1, -0.05) is 60.7 Å². The summed E-state index contributed by atoms with van der Waals surface area (Å²) >= 11 is 0. The highest BCUT2D eigenvalue weighted by molar-refractivity contribution is 5.82. The third-order valence-electron chi connectivity index (χ3n) is 4.04. The standard InChI is InChI=1S/C19H21NO2/c21-19(22-17-12-7-13-20-14-17)18(15-8-3-1-4-9-15)16-10-5-2-6-11-16/h1-6,8-11,17-18,20H,7,12-14H2. The molecule has 1 atom stereocenters. The van der Waals surface area contributed by atoms with E-state index in [1.807, 2.05) is 60.7 Å². The topological polar surface area (TPSA) is 38.3 Å². The van der Waals surface area contributed by atoms with E-state index in [0.29, 0.717) is 0 Å². The van der Waals surface area contributed by atoms with Gasteiger partial charge in [-0.25, -0.2) is 0 Å². The molecule has 0 radical (unpaired) electrons. The molecule has 1 aliphatic rings. The Morgan fingerprint density at radius 1 is 1.00 bits per heavy atom. The summed E-state index contributed by atoms with van der Waals surface area (Å²) in [5.74, 6) is -0.518. The van der Waals surface area contributed by atoms with Crippen molar-refractivity contribution in [2.24, 2.45) is 0 Å². The number of nitrogens with one attached hydrogen (secondary N) is 1. The van der Waals surface area contributed by atoms with E-state index < -0.39 is 0 Å². The van der Waals surface area contributed by atoms with E-state index in [-0.39, 0.29) is 18.0 Å². The lowest BCUT2D eigenvalue weighted by Gasteiger charge is -2.25. The first kappa shape index (κ1) is 14.8. The Labute approximate surface area is 131 Å². The molecule has 114 valence electrons. The minimum absolute atomic E-state index is 0.0174. The second kappa shape index (κ2) is 7.23. The Bertz CT molecular complexity index is 552. The molecule has 0 saturated carbocycles. The van der Waals surface area contributed by atoms with Crippen molar-refractivity contribution in [1.29, 1.82) is 0 Å². The zero-order valence-electron chi connectivity index (χ0n) is 12.6. The van der Waals surface area contributed by atoms with E-state index in [1.54, 1.807) is 0 Å². The van der Waals surface area contributed by atoms with E-state index in [4.69, 9.17) is 4.74 Å². The lowest BCUT2D eigenvalue weighted by atomic mass is 9.91. The number of hydrogen-bond donors (Lipinski definition) is 1. The van der Waals surface area contributed by atoms with Gasteiger partial charge in [-0.2, -0.15) is 0 Å². The highest BCUT2D eigenvalue weighted by Gasteiger charge is 2.27. The quantitative estimate of drug-likeness (QED) is 0.881. The zero-order valence-corrected chi connectivity index (χ0v) is 12.6. The Kier molecular flexibility index (Phi) is 4.86. The molecule has 0 aromatic heterocycles. The molecule has 0 amide bonds. The zero-order chi connectivity index (χ0) is 15.2. The summed E-state index contributed by atoms with van der Waals surface area (Å²) in [7, 11) is 0. The summed E-state index contributed by atoms with van der Waals surface area (Å²) < 4.78 is 5.76. The van der Waals surface area contributed by atoms with Crippen LogP contribution in [0.3, 0.4) is 0 Å². The number of hydrogen-bond acceptors (Lipinski definition) is 3. The van der Waals surface area contributed by atoms with Crippen molar-refractivity contribution in [1.82, 2.24) is 5.32 Å². The first-order valence-electron chi connectivity index (χ1n) is 7.85. The molecule has 1 aliphatic heterocycles. The van der Waals surface area contributed by atoms with E-state index in [2.05, 4.69) is 5.32 Å². The van der Waals surface area contributed by atoms with Gasteiger partial charge in [0.05, 0.1) is 0 Å². The number of ether oxygens (including phenoxy) is 1. The average molecular weight is 295 g/mol. The van der Waals surface area contributed by atoms with Crippen LogP contribution in [0.25, 0.3) is 0 Å². The maximum absolute atomic E-state index is 12.8. The van der Waals surface area contributed by atoms with E-state index in [0.717, 1.165) is 37.1 Å². The van der Waals surface area contributed by atoms with Gasteiger partial charge in [0.1, 0.15) is 12.0 Å². The minimum Gasteiger partial charge on any atom is -0.460 e. The number of esters is 1. The fourth-order valence-electron chi connectivity index (χ4n) is 2.91. The van der Waals surface area contributed by atoms with Gasteiger partial charge in [-0.15, -0.1) is 0 Å². The number of carbonyl (C=O) groups is 1. The predicted octanol–water partition coefficient (Wildman–Crippen LogP) is 3.11. The van der Waals surface area contributed by atoms with Crippen LogP contribution in [0.4, 0.5) is 0 Å². The van der Waals surface area contributed by atoms with Crippen molar-refractivity contribution >= 4 is 5.97 Å². The van der Waals surface area contributed by atoms with Gasteiger partial charge in [0.25, 0.3) is 0 Å². The normalized spacial score (nSPS) is 18.1. The van der Waals surface area contributed by atoms with Crippen LogP contribution in [0.5, 0.6) is 0 Å². The van der Waals surface area contributed by atoms with Gasteiger partial charge in [-0.3, -0.25) is 4.79 Å². The van der Waals surface area contributed by atoms with Crippen LogP contribution in [-0.2, 0) is 9.53 Å². The molecule has 1 heterocycles. The second-order valence-corrected chi connectivity index (χ2v) is 5.66. The second-order valence-electron chi connectivity index (χ2n) is 5.66. The van der Waals surface area contributed by atoms with Crippen LogP contribution in [0.2, 0.25) is 0 Å². The van der Waals surface area contributed by atoms with Crippen LogP contribution in [0.1, 0.15) is 29.9 Å². The first-order chi connectivity index (χ1) is 10.8. The predicted molar refractivity (Wildman–Crippen MR) is 86.7 cm³/mol. The molecule has 2 aromatic carbocycles. The summed E-state index contributed by atoms with van der Waals surface area (Å²) in [5.41, 5.74) is 1.95. The molecule has 3 heteroatoms. The Balaban J connectivity index is 1.83. The number of carbonyl (C=O) groups excluding carboxylic acids is 1. The Morgan fingerprint density at radius 2 is 1.59 bits per heavy atom. The molecule has 0 aliphatic carbocycles. The van der Waals surface area contributed by atoms with Crippen LogP contribution in [-0.4, -0.2) is 25.2 Å².